The van der Waals surface area contributed by atoms with Gasteiger partial charge in [0.1, 0.15) is 11.4 Å². The van der Waals surface area contributed by atoms with Crippen LogP contribution in [0.3, 0.4) is 0 Å². The van der Waals surface area contributed by atoms with E-state index in [2.05, 4.69) is 21.2 Å². The van der Waals surface area contributed by atoms with Crippen LogP contribution in [0.4, 0.5) is 4.79 Å². The van der Waals surface area contributed by atoms with Crippen LogP contribution in [-0.2, 0) is 4.74 Å². The van der Waals surface area contributed by atoms with Crippen LogP contribution in [0.15, 0.2) is 22.7 Å². The Balaban J connectivity index is 2.89. The third kappa shape index (κ3) is 4.68. The Morgan fingerprint density at radius 2 is 2.10 bits per heavy atom. The molecule has 1 unspecified atom stereocenters. The SMILES string of the molecule is COc1cccc(C(CN)NC(=O)OC(C)(C)C)c1Br. The minimum absolute atomic E-state index is 0.255. The molecular weight excluding hydrogens is 324 g/mol. The summed E-state index contributed by atoms with van der Waals surface area (Å²) in [5.74, 6) is 0.687. The zero-order valence-electron chi connectivity index (χ0n) is 12.2. The molecule has 0 fully saturated rings. The van der Waals surface area contributed by atoms with E-state index < -0.39 is 11.7 Å². The molecule has 6 heteroatoms. The zero-order valence-corrected chi connectivity index (χ0v) is 13.8. The molecular formula is C14H21BrN2O3. The van der Waals surface area contributed by atoms with Gasteiger partial charge in [0.05, 0.1) is 17.6 Å². The van der Waals surface area contributed by atoms with Gasteiger partial charge in [-0.3, -0.25) is 0 Å². The lowest BCUT2D eigenvalue weighted by molar-refractivity contribution is 0.0505. The van der Waals surface area contributed by atoms with E-state index in [9.17, 15) is 4.79 Å². The lowest BCUT2D eigenvalue weighted by atomic mass is 10.1. The van der Waals surface area contributed by atoms with Crippen molar-refractivity contribution in [3.8, 4) is 5.75 Å². The first-order valence-electron chi connectivity index (χ1n) is 6.30. The van der Waals surface area contributed by atoms with Gasteiger partial charge < -0.3 is 20.5 Å². The highest BCUT2D eigenvalue weighted by atomic mass is 79.9. The van der Waals surface area contributed by atoms with Crippen molar-refractivity contribution in [1.29, 1.82) is 0 Å². The van der Waals surface area contributed by atoms with Gasteiger partial charge in [0.2, 0.25) is 0 Å². The molecule has 1 aromatic rings. The average molecular weight is 345 g/mol. The van der Waals surface area contributed by atoms with Gasteiger partial charge in [-0.25, -0.2) is 4.79 Å². The highest BCUT2D eigenvalue weighted by Crippen LogP contribution is 2.32. The monoisotopic (exact) mass is 344 g/mol. The summed E-state index contributed by atoms with van der Waals surface area (Å²) in [5.41, 5.74) is 6.04. The maximum atomic E-state index is 11.8. The number of ether oxygens (including phenoxy) is 2. The predicted octanol–water partition coefficient (Wildman–Crippen LogP) is 2.98. The molecule has 5 nitrogen and oxygen atoms in total. The molecule has 0 aliphatic heterocycles. The van der Waals surface area contributed by atoms with Crippen molar-refractivity contribution in [3.63, 3.8) is 0 Å². The topological polar surface area (TPSA) is 73.6 Å². The van der Waals surface area contributed by atoms with E-state index in [1.54, 1.807) is 7.11 Å². The van der Waals surface area contributed by atoms with Crippen LogP contribution < -0.4 is 15.8 Å². The number of nitrogens with one attached hydrogen (secondary N) is 1. The summed E-state index contributed by atoms with van der Waals surface area (Å²) in [6, 6.07) is 5.20. The molecule has 0 saturated heterocycles. The maximum absolute atomic E-state index is 11.8. The number of rotatable bonds is 4. The number of halogens is 1. The Kier molecular flexibility index (Phi) is 5.83. The number of carbonyl (C=O) groups excluding carboxylic acids is 1. The largest absolute Gasteiger partial charge is 0.496 e. The lowest BCUT2D eigenvalue weighted by Crippen LogP contribution is -2.37. The molecule has 1 atom stereocenters. The third-order valence-corrected chi connectivity index (χ3v) is 3.36. The van der Waals surface area contributed by atoms with Crippen LogP contribution >= 0.6 is 15.9 Å². The predicted molar refractivity (Wildman–Crippen MR) is 81.9 cm³/mol. The highest BCUT2D eigenvalue weighted by molar-refractivity contribution is 9.10. The quantitative estimate of drug-likeness (QED) is 0.880. The lowest BCUT2D eigenvalue weighted by Gasteiger charge is -2.24. The molecule has 1 amide bonds. The number of benzene rings is 1. The molecule has 1 rings (SSSR count). The van der Waals surface area contributed by atoms with Crippen molar-refractivity contribution in [3.05, 3.63) is 28.2 Å². The second-order valence-electron chi connectivity index (χ2n) is 5.30. The molecule has 0 aliphatic rings. The van der Waals surface area contributed by atoms with E-state index >= 15 is 0 Å². The number of amides is 1. The summed E-state index contributed by atoms with van der Waals surface area (Å²) in [4.78, 5) is 11.8. The minimum atomic E-state index is -0.547. The normalized spacial score (nSPS) is 12.7. The number of methoxy groups -OCH3 is 1. The first kappa shape index (κ1) is 16.8. The Hall–Kier alpha value is -1.27. The molecule has 20 heavy (non-hydrogen) atoms. The molecule has 0 saturated carbocycles. The van der Waals surface area contributed by atoms with E-state index in [0.717, 1.165) is 10.0 Å². The van der Waals surface area contributed by atoms with E-state index in [1.807, 2.05) is 39.0 Å². The van der Waals surface area contributed by atoms with Gasteiger partial charge in [-0.05, 0) is 48.3 Å². The van der Waals surface area contributed by atoms with Crippen LogP contribution in [0.2, 0.25) is 0 Å². The van der Waals surface area contributed by atoms with Gasteiger partial charge in [-0.2, -0.15) is 0 Å². The summed E-state index contributed by atoms with van der Waals surface area (Å²) in [7, 11) is 1.59. The van der Waals surface area contributed by atoms with Crippen LogP contribution in [0, 0.1) is 0 Å². The third-order valence-electron chi connectivity index (χ3n) is 2.52. The average Bonchev–Trinajstić information content (AvgIpc) is 2.34. The number of alkyl carbamates (subject to hydrolysis) is 1. The molecule has 0 spiro atoms. The second kappa shape index (κ2) is 6.95. The van der Waals surface area contributed by atoms with Crippen LogP contribution in [0.25, 0.3) is 0 Å². The maximum Gasteiger partial charge on any atom is 0.408 e. The van der Waals surface area contributed by atoms with Crippen molar-refractivity contribution < 1.29 is 14.3 Å². The van der Waals surface area contributed by atoms with Gasteiger partial charge in [-0.1, -0.05) is 12.1 Å². The van der Waals surface area contributed by atoms with Gasteiger partial charge in [0.25, 0.3) is 0 Å². The van der Waals surface area contributed by atoms with Crippen molar-refractivity contribution in [2.45, 2.75) is 32.4 Å². The van der Waals surface area contributed by atoms with E-state index in [4.69, 9.17) is 15.2 Å². The summed E-state index contributed by atoms with van der Waals surface area (Å²) in [6.07, 6.45) is -0.498. The number of nitrogens with two attached hydrogens (primary N) is 1. The molecule has 1 aromatic carbocycles. The first-order chi connectivity index (χ1) is 9.28. The molecule has 0 heterocycles. The Bertz CT molecular complexity index is 472. The minimum Gasteiger partial charge on any atom is -0.496 e. The van der Waals surface area contributed by atoms with Crippen LogP contribution in [0.1, 0.15) is 32.4 Å². The molecule has 112 valence electrons. The van der Waals surface area contributed by atoms with Crippen LogP contribution in [0.5, 0.6) is 5.75 Å². The van der Waals surface area contributed by atoms with E-state index in [-0.39, 0.29) is 12.6 Å². The smallest absolute Gasteiger partial charge is 0.408 e. The van der Waals surface area contributed by atoms with Gasteiger partial charge >= 0.3 is 6.09 Å². The second-order valence-corrected chi connectivity index (χ2v) is 6.09. The van der Waals surface area contributed by atoms with Crippen LogP contribution in [-0.4, -0.2) is 25.3 Å². The van der Waals surface area contributed by atoms with Crippen molar-refractivity contribution in [1.82, 2.24) is 5.32 Å². The summed E-state index contributed by atoms with van der Waals surface area (Å²) in [6.45, 7) is 5.69. The Morgan fingerprint density at radius 1 is 1.45 bits per heavy atom. The molecule has 0 aromatic heterocycles. The molecule has 0 aliphatic carbocycles. The van der Waals surface area contributed by atoms with Gasteiger partial charge in [-0.15, -0.1) is 0 Å². The fourth-order valence-corrected chi connectivity index (χ4v) is 2.37. The van der Waals surface area contributed by atoms with E-state index in [1.165, 1.54) is 0 Å². The summed E-state index contributed by atoms with van der Waals surface area (Å²) < 4.78 is 11.2. The van der Waals surface area contributed by atoms with E-state index in [0.29, 0.717) is 5.75 Å². The standard InChI is InChI=1S/C14H21BrN2O3/c1-14(2,3)20-13(18)17-10(8-16)9-6-5-7-11(19-4)12(9)15/h5-7,10H,8,16H2,1-4H3,(H,17,18). The van der Waals surface area contributed by atoms with Crippen molar-refractivity contribution in [2.24, 2.45) is 5.73 Å². The van der Waals surface area contributed by atoms with Gasteiger partial charge in [0, 0.05) is 6.54 Å². The Morgan fingerprint density at radius 3 is 2.60 bits per heavy atom. The fraction of sp³-hybridized carbons (Fsp3) is 0.500. The summed E-state index contributed by atoms with van der Waals surface area (Å²) in [5, 5.41) is 2.76. The Labute approximate surface area is 127 Å². The summed E-state index contributed by atoms with van der Waals surface area (Å²) >= 11 is 3.46. The number of hydrogen-bond acceptors (Lipinski definition) is 4. The number of carbonyl (C=O) groups is 1. The molecule has 3 N–H and O–H groups in total. The fourth-order valence-electron chi connectivity index (χ4n) is 1.67. The van der Waals surface area contributed by atoms with Gasteiger partial charge in [0.15, 0.2) is 0 Å². The van der Waals surface area contributed by atoms with Crippen molar-refractivity contribution >= 4 is 22.0 Å². The zero-order chi connectivity index (χ0) is 15.3. The highest BCUT2D eigenvalue weighted by Gasteiger charge is 2.21. The molecule has 0 bridgehead atoms. The van der Waals surface area contributed by atoms with Crippen molar-refractivity contribution in [2.75, 3.05) is 13.7 Å². The number of hydrogen-bond donors (Lipinski definition) is 2. The molecule has 0 radical (unpaired) electrons. The first-order valence-corrected chi connectivity index (χ1v) is 7.09.